The highest BCUT2D eigenvalue weighted by Crippen LogP contribution is 2.20. The van der Waals surface area contributed by atoms with Crippen molar-refractivity contribution < 1.29 is 4.74 Å². The first kappa shape index (κ1) is 13.0. The van der Waals surface area contributed by atoms with Gasteiger partial charge >= 0.3 is 0 Å². The van der Waals surface area contributed by atoms with Crippen LogP contribution in [0.1, 0.15) is 45.7 Å². The summed E-state index contributed by atoms with van der Waals surface area (Å²) in [6.45, 7) is 8.50. The molecular weight excluding hydrogens is 198 g/mol. The van der Waals surface area contributed by atoms with Gasteiger partial charge in [0.15, 0.2) is 0 Å². The molecule has 2 nitrogen and oxygen atoms in total. The molecule has 1 aromatic rings. The third-order valence-electron chi connectivity index (χ3n) is 3.01. The predicted octanol–water partition coefficient (Wildman–Crippen LogP) is 3.52. The molecule has 0 aliphatic carbocycles. The van der Waals surface area contributed by atoms with E-state index in [9.17, 15) is 0 Å². The third kappa shape index (κ3) is 3.53. The lowest BCUT2D eigenvalue weighted by molar-refractivity contribution is 0.170. The molecule has 2 heteroatoms. The summed E-state index contributed by atoms with van der Waals surface area (Å²) in [6.07, 6.45) is 1.20. The van der Waals surface area contributed by atoms with E-state index < -0.39 is 0 Å². The minimum absolute atomic E-state index is 0.136. The molecule has 0 radical (unpaired) electrons. The normalized spacial score (nSPS) is 14.9. The van der Waals surface area contributed by atoms with E-state index in [1.54, 1.807) is 0 Å². The molecule has 2 N–H and O–H groups in total. The van der Waals surface area contributed by atoms with Crippen molar-refractivity contribution in [3.63, 3.8) is 0 Å². The summed E-state index contributed by atoms with van der Waals surface area (Å²) < 4.78 is 5.80. The second kappa shape index (κ2) is 5.90. The Balaban J connectivity index is 2.64. The van der Waals surface area contributed by atoms with Crippen LogP contribution in [-0.4, -0.2) is 6.10 Å². The highest BCUT2D eigenvalue weighted by atomic mass is 16.5. The molecule has 0 aliphatic heterocycles. The zero-order valence-corrected chi connectivity index (χ0v) is 10.7. The lowest BCUT2D eigenvalue weighted by Crippen LogP contribution is -2.18. The van der Waals surface area contributed by atoms with Crippen LogP contribution in [0.3, 0.4) is 0 Å². The Hall–Kier alpha value is -1.02. The third-order valence-corrected chi connectivity index (χ3v) is 3.01. The van der Waals surface area contributed by atoms with E-state index >= 15 is 0 Å². The number of benzene rings is 1. The quantitative estimate of drug-likeness (QED) is 0.825. The zero-order chi connectivity index (χ0) is 12.1. The van der Waals surface area contributed by atoms with Crippen molar-refractivity contribution in [1.29, 1.82) is 0 Å². The van der Waals surface area contributed by atoms with Gasteiger partial charge in [-0.3, -0.25) is 0 Å². The summed E-state index contributed by atoms with van der Waals surface area (Å²) in [7, 11) is 0. The van der Waals surface area contributed by atoms with Crippen molar-refractivity contribution in [3.05, 3.63) is 29.8 Å². The van der Waals surface area contributed by atoms with Crippen LogP contribution in [0.15, 0.2) is 24.3 Å². The lowest BCUT2D eigenvalue weighted by Gasteiger charge is -2.18. The Kier molecular flexibility index (Phi) is 4.81. The van der Waals surface area contributed by atoms with Crippen LogP contribution in [-0.2, 0) is 0 Å². The summed E-state index contributed by atoms with van der Waals surface area (Å²) in [4.78, 5) is 0. The molecular formula is C14H23NO. The van der Waals surface area contributed by atoms with Crippen molar-refractivity contribution in [2.45, 2.75) is 46.3 Å². The van der Waals surface area contributed by atoms with E-state index in [2.05, 4.69) is 39.8 Å². The minimum Gasteiger partial charge on any atom is -0.490 e. The molecule has 0 amide bonds. The molecule has 90 valence electrons. The molecule has 0 saturated carbocycles. The smallest absolute Gasteiger partial charge is 0.119 e. The Morgan fingerprint density at radius 3 is 2.12 bits per heavy atom. The second-order valence-electron chi connectivity index (χ2n) is 4.65. The van der Waals surface area contributed by atoms with Crippen LogP contribution in [0, 0.1) is 5.92 Å². The van der Waals surface area contributed by atoms with Gasteiger partial charge in [-0.25, -0.2) is 0 Å². The van der Waals surface area contributed by atoms with Crippen molar-refractivity contribution >= 4 is 0 Å². The monoisotopic (exact) mass is 221 g/mol. The topological polar surface area (TPSA) is 35.2 Å². The van der Waals surface area contributed by atoms with Crippen LogP contribution in [0.4, 0.5) is 0 Å². The van der Waals surface area contributed by atoms with Gasteiger partial charge < -0.3 is 10.5 Å². The fraction of sp³-hybridized carbons (Fsp3) is 0.571. The predicted molar refractivity (Wildman–Crippen MR) is 68.6 cm³/mol. The number of rotatable bonds is 5. The van der Waals surface area contributed by atoms with E-state index in [0.717, 1.165) is 12.2 Å². The molecule has 0 aliphatic rings. The molecule has 0 spiro atoms. The first-order chi connectivity index (χ1) is 7.54. The van der Waals surface area contributed by atoms with E-state index in [-0.39, 0.29) is 12.1 Å². The summed E-state index contributed by atoms with van der Waals surface area (Å²) in [5.41, 5.74) is 7.13. The van der Waals surface area contributed by atoms with Crippen LogP contribution in [0.5, 0.6) is 5.75 Å². The maximum absolute atomic E-state index is 5.95. The summed E-state index contributed by atoms with van der Waals surface area (Å²) in [6, 6.07) is 8.25. The van der Waals surface area contributed by atoms with Gasteiger partial charge in [-0.1, -0.05) is 32.9 Å². The first-order valence-corrected chi connectivity index (χ1v) is 6.06. The van der Waals surface area contributed by atoms with Crippen molar-refractivity contribution in [2.24, 2.45) is 11.7 Å². The van der Waals surface area contributed by atoms with Crippen molar-refractivity contribution in [3.8, 4) is 5.75 Å². The summed E-state index contributed by atoms with van der Waals surface area (Å²) >= 11 is 0. The summed E-state index contributed by atoms with van der Waals surface area (Å²) in [5, 5.41) is 0. The standard InChI is InChI=1S/C14H23NO/c1-5-14(15)12-6-8-13(9-7-12)16-11(4)10(2)3/h6-11,14H,5,15H2,1-4H3/t11?,14-/m1/s1. The molecule has 1 unspecified atom stereocenters. The average Bonchev–Trinajstić information content (AvgIpc) is 2.28. The van der Waals surface area contributed by atoms with Crippen molar-refractivity contribution in [1.82, 2.24) is 0 Å². The molecule has 0 fully saturated rings. The van der Waals surface area contributed by atoms with Gasteiger partial charge in [0.1, 0.15) is 5.75 Å². The Morgan fingerprint density at radius 1 is 1.12 bits per heavy atom. The van der Waals surface area contributed by atoms with Gasteiger partial charge in [-0.2, -0.15) is 0 Å². The van der Waals surface area contributed by atoms with Gasteiger partial charge in [0, 0.05) is 6.04 Å². The van der Waals surface area contributed by atoms with E-state index in [4.69, 9.17) is 10.5 Å². The highest BCUT2D eigenvalue weighted by molar-refractivity contribution is 5.29. The van der Waals surface area contributed by atoms with Gasteiger partial charge in [0.2, 0.25) is 0 Å². The van der Waals surface area contributed by atoms with Crippen LogP contribution in [0.2, 0.25) is 0 Å². The molecule has 0 aromatic heterocycles. The average molecular weight is 221 g/mol. The Morgan fingerprint density at radius 2 is 1.69 bits per heavy atom. The van der Waals surface area contributed by atoms with Gasteiger partial charge in [-0.15, -0.1) is 0 Å². The fourth-order valence-electron chi connectivity index (χ4n) is 1.38. The van der Waals surface area contributed by atoms with E-state index in [1.807, 2.05) is 12.1 Å². The highest BCUT2D eigenvalue weighted by Gasteiger charge is 2.09. The van der Waals surface area contributed by atoms with Crippen LogP contribution < -0.4 is 10.5 Å². The number of hydrogen-bond donors (Lipinski definition) is 1. The largest absolute Gasteiger partial charge is 0.490 e. The molecule has 0 saturated heterocycles. The maximum Gasteiger partial charge on any atom is 0.119 e. The number of hydrogen-bond acceptors (Lipinski definition) is 2. The van der Waals surface area contributed by atoms with Crippen LogP contribution >= 0.6 is 0 Å². The van der Waals surface area contributed by atoms with Gasteiger partial charge in [-0.05, 0) is 37.0 Å². The molecule has 16 heavy (non-hydrogen) atoms. The zero-order valence-electron chi connectivity index (χ0n) is 10.7. The fourth-order valence-corrected chi connectivity index (χ4v) is 1.38. The molecule has 1 aromatic carbocycles. The van der Waals surface area contributed by atoms with E-state index in [1.165, 1.54) is 5.56 Å². The molecule has 2 atom stereocenters. The second-order valence-corrected chi connectivity index (χ2v) is 4.65. The number of ether oxygens (including phenoxy) is 1. The number of nitrogens with two attached hydrogens (primary N) is 1. The Labute approximate surface area is 98.8 Å². The van der Waals surface area contributed by atoms with Crippen LogP contribution in [0.25, 0.3) is 0 Å². The van der Waals surface area contributed by atoms with Gasteiger partial charge in [0.25, 0.3) is 0 Å². The SMILES string of the molecule is CC[C@@H](N)c1ccc(OC(C)C(C)C)cc1. The lowest BCUT2D eigenvalue weighted by atomic mass is 10.1. The van der Waals surface area contributed by atoms with Crippen molar-refractivity contribution in [2.75, 3.05) is 0 Å². The maximum atomic E-state index is 5.95. The van der Waals surface area contributed by atoms with Gasteiger partial charge in [0.05, 0.1) is 6.10 Å². The molecule has 1 rings (SSSR count). The molecule has 0 heterocycles. The summed E-state index contributed by atoms with van der Waals surface area (Å²) in [5.74, 6) is 1.45. The molecule has 0 bridgehead atoms. The minimum atomic E-state index is 0.136. The first-order valence-electron chi connectivity index (χ1n) is 6.06. The Bertz CT molecular complexity index is 305. The van der Waals surface area contributed by atoms with E-state index in [0.29, 0.717) is 5.92 Å².